The molecule has 1 aliphatic rings. The number of carbonyl (C=O) groups excluding carboxylic acids is 1. The van der Waals surface area contributed by atoms with Gasteiger partial charge in [-0.15, -0.1) is 0 Å². The van der Waals surface area contributed by atoms with E-state index in [0.717, 1.165) is 29.6 Å². The molecule has 1 aliphatic carbocycles. The van der Waals surface area contributed by atoms with Crippen LogP contribution in [0.3, 0.4) is 0 Å². The Morgan fingerprint density at radius 2 is 2.21 bits per heavy atom. The lowest BCUT2D eigenvalue weighted by Crippen LogP contribution is -2.32. The second kappa shape index (κ2) is 5.61. The number of nitrogens with zero attached hydrogens (tertiary/aromatic N) is 1. The van der Waals surface area contributed by atoms with Gasteiger partial charge in [0.2, 0.25) is 5.91 Å². The summed E-state index contributed by atoms with van der Waals surface area (Å²) in [6.07, 6.45) is 1.29. The highest BCUT2D eigenvalue weighted by Crippen LogP contribution is 2.37. The van der Waals surface area contributed by atoms with E-state index in [1.807, 2.05) is 26.1 Å². The van der Waals surface area contributed by atoms with E-state index < -0.39 is 0 Å². The summed E-state index contributed by atoms with van der Waals surface area (Å²) in [5, 5.41) is 2.93. The molecule has 3 N–H and O–H groups in total. The van der Waals surface area contributed by atoms with Crippen molar-refractivity contribution in [1.82, 2.24) is 4.90 Å². The molecule has 0 aliphatic heterocycles. The number of rotatable bonds is 5. The van der Waals surface area contributed by atoms with Gasteiger partial charge in [0.25, 0.3) is 0 Å². The summed E-state index contributed by atoms with van der Waals surface area (Å²) < 4.78 is 0. The van der Waals surface area contributed by atoms with Crippen LogP contribution in [0.4, 0.5) is 11.4 Å². The standard InChI is InChI=1S/C15H23N3O/c1-10-4-5-13(16)7-14(10)17-15(19)9-18(3)8-12-6-11(12)2/h4-5,7,11-12H,6,8-9,16H2,1-3H3,(H,17,19). The molecule has 2 atom stereocenters. The van der Waals surface area contributed by atoms with Crippen LogP contribution in [0.1, 0.15) is 18.9 Å². The molecule has 0 heterocycles. The number of nitrogens with two attached hydrogens (primary N) is 1. The van der Waals surface area contributed by atoms with Gasteiger partial charge in [0.15, 0.2) is 0 Å². The van der Waals surface area contributed by atoms with E-state index in [2.05, 4.69) is 17.1 Å². The summed E-state index contributed by atoms with van der Waals surface area (Å²) in [4.78, 5) is 14.1. The molecule has 1 fully saturated rings. The number of nitrogen functional groups attached to an aromatic ring is 1. The summed E-state index contributed by atoms with van der Waals surface area (Å²) >= 11 is 0. The van der Waals surface area contributed by atoms with Crippen molar-refractivity contribution in [3.05, 3.63) is 23.8 Å². The maximum absolute atomic E-state index is 12.0. The first-order valence-corrected chi connectivity index (χ1v) is 6.80. The van der Waals surface area contributed by atoms with Gasteiger partial charge in [-0.25, -0.2) is 0 Å². The summed E-state index contributed by atoms with van der Waals surface area (Å²) in [7, 11) is 2.00. The van der Waals surface area contributed by atoms with Crippen molar-refractivity contribution >= 4 is 17.3 Å². The van der Waals surface area contributed by atoms with E-state index in [0.29, 0.717) is 12.2 Å². The zero-order valence-corrected chi connectivity index (χ0v) is 11.9. The highest BCUT2D eigenvalue weighted by atomic mass is 16.2. The number of anilines is 2. The van der Waals surface area contributed by atoms with Gasteiger partial charge in [-0.2, -0.15) is 0 Å². The first kappa shape index (κ1) is 13.9. The molecule has 0 saturated heterocycles. The van der Waals surface area contributed by atoms with Crippen molar-refractivity contribution in [2.75, 3.05) is 31.2 Å². The Balaban J connectivity index is 1.84. The van der Waals surface area contributed by atoms with Gasteiger partial charge in [-0.05, 0) is 49.9 Å². The Morgan fingerprint density at radius 3 is 2.84 bits per heavy atom. The molecular formula is C15H23N3O. The minimum atomic E-state index is 0.0181. The first-order chi connectivity index (χ1) is 8.95. The summed E-state index contributed by atoms with van der Waals surface area (Å²) in [5.74, 6) is 1.61. The zero-order valence-electron chi connectivity index (χ0n) is 11.9. The molecule has 0 spiro atoms. The molecule has 4 heteroatoms. The van der Waals surface area contributed by atoms with Crippen LogP contribution in [-0.2, 0) is 4.79 Å². The van der Waals surface area contributed by atoms with Gasteiger partial charge in [0, 0.05) is 17.9 Å². The fourth-order valence-electron chi connectivity index (χ4n) is 2.33. The maximum Gasteiger partial charge on any atom is 0.238 e. The lowest BCUT2D eigenvalue weighted by molar-refractivity contribution is -0.117. The van der Waals surface area contributed by atoms with Gasteiger partial charge in [0.1, 0.15) is 0 Å². The van der Waals surface area contributed by atoms with Crippen molar-refractivity contribution in [3.8, 4) is 0 Å². The molecule has 2 rings (SSSR count). The molecule has 4 nitrogen and oxygen atoms in total. The average Bonchev–Trinajstić information content (AvgIpc) is 2.99. The van der Waals surface area contributed by atoms with Crippen LogP contribution in [-0.4, -0.2) is 30.9 Å². The molecule has 2 unspecified atom stereocenters. The van der Waals surface area contributed by atoms with Crippen molar-refractivity contribution < 1.29 is 4.79 Å². The van der Waals surface area contributed by atoms with Gasteiger partial charge in [-0.1, -0.05) is 13.0 Å². The molecule has 104 valence electrons. The van der Waals surface area contributed by atoms with E-state index in [4.69, 9.17) is 5.73 Å². The third-order valence-corrected chi connectivity index (χ3v) is 3.77. The minimum absolute atomic E-state index is 0.0181. The lowest BCUT2D eigenvalue weighted by atomic mass is 10.2. The molecule has 19 heavy (non-hydrogen) atoms. The Hall–Kier alpha value is -1.55. The Bertz CT molecular complexity index is 472. The fraction of sp³-hybridized carbons (Fsp3) is 0.533. The molecule has 0 bridgehead atoms. The van der Waals surface area contributed by atoms with E-state index >= 15 is 0 Å². The van der Waals surface area contributed by atoms with Gasteiger partial charge in [0.05, 0.1) is 6.54 Å². The number of hydrogen-bond acceptors (Lipinski definition) is 3. The highest BCUT2D eigenvalue weighted by molar-refractivity contribution is 5.93. The second-order valence-corrected chi connectivity index (χ2v) is 5.79. The molecule has 1 aromatic rings. The maximum atomic E-state index is 12.0. The van der Waals surface area contributed by atoms with Crippen LogP contribution in [0.2, 0.25) is 0 Å². The molecule has 1 saturated carbocycles. The average molecular weight is 261 g/mol. The number of benzene rings is 1. The normalized spacial score (nSPS) is 21.5. The van der Waals surface area contributed by atoms with Crippen LogP contribution in [0, 0.1) is 18.8 Å². The number of aryl methyl sites for hydroxylation is 1. The summed E-state index contributed by atoms with van der Waals surface area (Å²) in [6.45, 7) is 5.65. The SMILES string of the molecule is Cc1ccc(N)cc1NC(=O)CN(C)CC1CC1C. The minimum Gasteiger partial charge on any atom is -0.399 e. The van der Waals surface area contributed by atoms with Crippen LogP contribution in [0.25, 0.3) is 0 Å². The lowest BCUT2D eigenvalue weighted by Gasteiger charge is -2.16. The first-order valence-electron chi connectivity index (χ1n) is 6.80. The van der Waals surface area contributed by atoms with E-state index in [9.17, 15) is 4.79 Å². The van der Waals surface area contributed by atoms with Gasteiger partial charge < -0.3 is 11.1 Å². The predicted molar refractivity (Wildman–Crippen MR) is 79.0 cm³/mol. The van der Waals surface area contributed by atoms with Crippen LogP contribution in [0.15, 0.2) is 18.2 Å². The molecular weight excluding hydrogens is 238 g/mol. The smallest absolute Gasteiger partial charge is 0.238 e. The number of amides is 1. The zero-order chi connectivity index (χ0) is 14.0. The van der Waals surface area contributed by atoms with Crippen molar-refractivity contribution in [2.24, 2.45) is 11.8 Å². The molecule has 0 radical (unpaired) electrons. The Kier molecular flexibility index (Phi) is 4.10. The number of hydrogen-bond donors (Lipinski definition) is 2. The fourth-order valence-corrected chi connectivity index (χ4v) is 2.33. The molecule has 1 aromatic carbocycles. The van der Waals surface area contributed by atoms with Crippen molar-refractivity contribution in [1.29, 1.82) is 0 Å². The summed E-state index contributed by atoms with van der Waals surface area (Å²) in [6, 6.07) is 5.56. The van der Waals surface area contributed by atoms with E-state index in [1.165, 1.54) is 6.42 Å². The highest BCUT2D eigenvalue weighted by Gasteiger charge is 2.33. The van der Waals surface area contributed by atoms with Crippen LogP contribution < -0.4 is 11.1 Å². The van der Waals surface area contributed by atoms with E-state index in [1.54, 1.807) is 6.07 Å². The third kappa shape index (κ3) is 3.96. The number of likely N-dealkylation sites (N-methyl/N-ethyl adjacent to an activating group) is 1. The topological polar surface area (TPSA) is 58.4 Å². The van der Waals surface area contributed by atoms with Gasteiger partial charge in [-0.3, -0.25) is 9.69 Å². The molecule has 0 aromatic heterocycles. The van der Waals surface area contributed by atoms with Gasteiger partial charge >= 0.3 is 0 Å². The van der Waals surface area contributed by atoms with E-state index in [-0.39, 0.29) is 5.91 Å². The second-order valence-electron chi connectivity index (χ2n) is 5.79. The van der Waals surface area contributed by atoms with Crippen molar-refractivity contribution in [3.63, 3.8) is 0 Å². The number of carbonyl (C=O) groups is 1. The third-order valence-electron chi connectivity index (χ3n) is 3.77. The Morgan fingerprint density at radius 1 is 1.53 bits per heavy atom. The van der Waals surface area contributed by atoms with Crippen LogP contribution >= 0.6 is 0 Å². The monoisotopic (exact) mass is 261 g/mol. The molecule has 1 amide bonds. The quantitative estimate of drug-likeness (QED) is 0.798. The Labute approximate surface area is 115 Å². The number of nitrogens with one attached hydrogen (secondary N) is 1. The van der Waals surface area contributed by atoms with Crippen molar-refractivity contribution in [2.45, 2.75) is 20.3 Å². The van der Waals surface area contributed by atoms with Crippen LogP contribution in [0.5, 0.6) is 0 Å². The predicted octanol–water partition coefficient (Wildman–Crippen LogP) is 2.10. The largest absolute Gasteiger partial charge is 0.399 e. The summed E-state index contributed by atoms with van der Waals surface area (Å²) in [5.41, 5.74) is 8.23.